The lowest BCUT2D eigenvalue weighted by Gasteiger charge is -2.15. The first-order valence-corrected chi connectivity index (χ1v) is 4.61. The van der Waals surface area contributed by atoms with Gasteiger partial charge in [-0.1, -0.05) is 12.2 Å². The molecule has 78 valence electrons. The minimum absolute atomic E-state index is 0.363. The van der Waals surface area contributed by atoms with E-state index in [1.165, 1.54) is 0 Å². The monoisotopic (exact) mass is 187 g/mol. The third-order valence-electron chi connectivity index (χ3n) is 1.93. The van der Waals surface area contributed by atoms with E-state index in [1.54, 1.807) is 7.11 Å². The van der Waals surface area contributed by atoms with Crippen LogP contribution < -0.4 is 5.32 Å². The maximum atomic E-state index is 5.35. The van der Waals surface area contributed by atoms with E-state index < -0.39 is 0 Å². The summed E-state index contributed by atoms with van der Waals surface area (Å²) in [5.41, 5.74) is 1.15. The number of rotatable bonds is 8. The minimum Gasteiger partial charge on any atom is -0.382 e. The molecule has 0 aliphatic rings. The highest BCUT2D eigenvalue weighted by atomic mass is 16.5. The van der Waals surface area contributed by atoms with E-state index in [0.29, 0.717) is 19.3 Å². The second-order valence-corrected chi connectivity index (χ2v) is 3.08. The minimum atomic E-state index is 0.363. The van der Waals surface area contributed by atoms with Crippen molar-refractivity contribution in [2.75, 3.05) is 34.0 Å². The highest BCUT2D eigenvalue weighted by molar-refractivity contribution is 5.00. The standard InChI is InChI=1S/C10H21NO2/c1-9(2)10(11-3)5-6-13-8-7-12-4/h10-11H,1,5-8H2,2-4H3. The van der Waals surface area contributed by atoms with Gasteiger partial charge in [0, 0.05) is 19.8 Å². The molecule has 0 aliphatic carbocycles. The van der Waals surface area contributed by atoms with Gasteiger partial charge < -0.3 is 14.8 Å². The van der Waals surface area contributed by atoms with Crippen molar-refractivity contribution in [3.63, 3.8) is 0 Å². The lowest BCUT2D eigenvalue weighted by Crippen LogP contribution is -2.27. The fourth-order valence-electron chi connectivity index (χ4n) is 1.08. The Labute approximate surface area is 81.1 Å². The third kappa shape index (κ3) is 6.75. The molecule has 3 nitrogen and oxygen atoms in total. The lowest BCUT2D eigenvalue weighted by molar-refractivity contribution is 0.0673. The number of hydrogen-bond acceptors (Lipinski definition) is 3. The molecule has 0 radical (unpaired) electrons. The van der Waals surface area contributed by atoms with E-state index in [4.69, 9.17) is 9.47 Å². The van der Waals surface area contributed by atoms with Gasteiger partial charge in [0.2, 0.25) is 0 Å². The van der Waals surface area contributed by atoms with Crippen LogP contribution in [0.2, 0.25) is 0 Å². The van der Waals surface area contributed by atoms with E-state index >= 15 is 0 Å². The van der Waals surface area contributed by atoms with Gasteiger partial charge in [-0.2, -0.15) is 0 Å². The third-order valence-corrected chi connectivity index (χ3v) is 1.93. The second kappa shape index (κ2) is 8.23. The molecule has 0 heterocycles. The van der Waals surface area contributed by atoms with Crippen LogP contribution in [0.15, 0.2) is 12.2 Å². The van der Waals surface area contributed by atoms with Gasteiger partial charge in [-0.3, -0.25) is 0 Å². The molecule has 0 bridgehead atoms. The first-order chi connectivity index (χ1) is 6.22. The van der Waals surface area contributed by atoms with Crippen LogP contribution in [0.4, 0.5) is 0 Å². The molecule has 0 spiro atoms. The topological polar surface area (TPSA) is 30.5 Å². The summed E-state index contributed by atoms with van der Waals surface area (Å²) in [5.74, 6) is 0. The average molecular weight is 187 g/mol. The van der Waals surface area contributed by atoms with Gasteiger partial charge in [0.1, 0.15) is 0 Å². The zero-order valence-corrected chi connectivity index (χ0v) is 8.93. The molecule has 0 saturated heterocycles. The summed E-state index contributed by atoms with van der Waals surface area (Å²) in [6, 6.07) is 0.363. The van der Waals surface area contributed by atoms with Crippen LogP contribution in [0, 0.1) is 0 Å². The molecule has 0 fully saturated rings. The van der Waals surface area contributed by atoms with Crippen molar-refractivity contribution in [2.24, 2.45) is 0 Å². The fourth-order valence-corrected chi connectivity index (χ4v) is 1.08. The number of ether oxygens (including phenoxy) is 2. The van der Waals surface area contributed by atoms with Crippen molar-refractivity contribution in [1.82, 2.24) is 5.32 Å². The van der Waals surface area contributed by atoms with E-state index in [9.17, 15) is 0 Å². The molecule has 1 N–H and O–H groups in total. The first-order valence-electron chi connectivity index (χ1n) is 4.61. The molecule has 0 aliphatic heterocycles. The predicted octanol–water partition coefficient (Wildman–Crippen LogP) is 1.20. The fraction of sp³-hybridized carbons (Fsp3) is 0.800. The SMILES string of the molecule is C=C(C)C(CCOCCOC)NC. The van der Waals surface area contributed by atoms with Crippen molar-refractivity contribution in [3.05, 3.63) is 12.2 Å². The molecule has 0 aromatic heterocycles. The lowest BCUT2D eigenvalue weighted by atomic mass is 10.1. The van der Waals surface area contributed by atoms with Gasteiger partial charge in [-0.15, -0.1) is 0 Å². The Morgan fingerprint density at radius 1 is 1.38 bits per heavy atom. The van der Waals surface area contributed by atoms with Gasteiger partial charge in [0.15, 0.2) is 0 Å². The van der Waals surface area contributed by atoms with Crippen molar-refractivity contribution < 1.29 is 9.47 Å². The van der Waals surface area contributed by atoms with Crippen LogP contribution in [-0.2, 0) is 9.47 Å². The first kappa shape index (κ1) is 12.6. The summed E-state index contributed by atoms with van der Waals surface area (Å²) >= 11 is 0. The smallest absolute Gasteiger partial charge is 0.0700 e. The van der Waals surface area contributed by atoms with E-state index in [1.807, 2.05) is 14.0 Å². The van der Waals surface area contributed by atoms with Gasteiger partial charge in [0.05, 0.1) is 13.2 Å². The summed E-state index contributed by atoms with van der Waals surface area (Å²) in [5, 5.41) is 3.18. The maximum Gasteiger partial charge on any atom is 0.0700 e. The van der Waals surface area contributed by atoms with Gasteiger partial charge in [-0.25, -0.2) is 0 Å². The van der Waals surface area contributed by atoms with Gasteiger partial charge >= 0.3 is 0 Å². The molecule has 1 atom stereocenters. The quantitative estimate of drug-likeness (QED) is 0.457. The van der Waals surface area contributed by atoms with Crippen LogP contribution in [0.5, 0.6) is 0 Å². The highest BCUT2D eigenvalue weighted by Crippen LogP contribution is 2.02. The van der Waals surface area contributed by atoms with E-state index in [2.05, 4.69) is 11.9 Å². The van der Waals surface area contributed by atoms with Gasteiger partial charge in [0.25, 0.3) is 0 Å². The highest BCUT2D eigenvalue weighted by Gasteiger charge is 2.05. The molecular formula is C10H21NO2. The van der Waals surface area contributed by atoms with Crippen LogP contribution in [0.1, 0.15) is 13.3 Å². The van der Waals surface area contributed by atoms with Crippen LogP contribution >= 0.6 is 0 Å². The summed E-state index contributed by atoms with van der Waals surface area (Å²) in [4.78, 5) is 0. The summed E-state index contributed by atoms with van der Waals surface area (Å²) < 4.78 is 10.2. The summed E-state index contributed by atoms with van der Waals surface area (Å²) in [7, 11) is 3.61. The molecule has 0 rings (SSSR count). The molecule has 0 aromatic carbocycles. The number of hydrogen-bond donors (Lipinski definition) is 1. The van der Waals surface area contributed by atoms with Crippen molar-refractivity contribution >= 4 is 0 Å². The van der Waals surface area contributed by atoms with E-state index in [0.717, 1.165) is 18.6 Å². The van der Waals surface area contributed by atoms with Crippen LogP contribution in [0.25, 0.3) is 0 Å². The summed E-state index contributed by atoms with van der Waals surface area (Å²) in [6.45, 7) is 8.01. The van der Waals surface area contributed by atoms with Gasteiger partial charge in [-0.05, 0) is 20.4 Å². The zero-order valence-electron chi connectivity index (χ0n) is 8.93. The van der Waals surface area contributed by atoms with Crippen LogP contribution in [0.3, 0.4) is 0 Å². The van der Waals surface area contributed by atoms with Crippen molar-refractivity contribution in [3.8, 4) is 0 Å². The van der Waals surface area contributed by atoms with Crippen LogP contribution in [-0.4, -0.2) is 40.0 Å². The Kier molecular flexibility index (Phi) is 7.99. The normalized spacial score (nSPS) is 12.8. The molecular weight excluding hydrogens is 166 g/mol. The maximum absolute atomic E-state index is 5.35. The molecule has 0 aromatic rings. The Bertz CT molecular complexity index is 137. The Morgan fingerprint density at radius 2 is 2.08 bits per heavy atom. The molecule has 0 amide bonds. The number of nitrogens with one attached hydrogen (secondary N) is 1. The molecule has 13 heavy (non-hydrogen) atoms. The zero-order chi connectivity index (χ0) is 10.1. The predicted molar refractivity (Wildman–Crippen MR) is 55.0 cm³/mol. The number of methoxy groups -OCH3 is 1. The molecule has 3 heteroatoms. The second-order valence-electron chi connectivity index (χ2n) is 3.08. The molecule has 0 saturated carbocycles. The number of likely N-dealkylation sites (N-methyl/N-ethyl adjacent to an activating group) is 1. The Morgan fingerprint density at radius 3 is 2.54 bits per heavy atom. The van der Waals surface area contributed by atoms with E-state index in [-0.39, 0.29) is 0 Å². The largest absolute Gasteiger partial charge is 0.382 e. The van der Waals surface area contributed by atoms with Crippen molar-refractivity contribution in [1.29, 1.82) is 0 Å². The summed E-state index contributed by atoms with van der Waals surface area (Å²) in [6.07, 6.45) is 0.968. The Hall–Kier alpha value is -0.380. The molecule has 1 unspecified atom stereocenters. The van der Waals surface area contributed by atoms with Crippen molar-refractivity contribution in [2.45, 2.75) is 19.4 Å². The average Bonchev–Trinajstić information content (AvgIpc) is 2.10. The Balaban J connectivity index is 3.33.